The first-order valence-corrected chi connectivity index (χ1v) is 17.0. The molecule has 234 valence electrons. The molecule has 4 unspecified atom stereocenters. The second kappa shape index (κ2) is 15.2. The van der Waals surface area contributed by atoms with Crippen LogP contribution in [0.2, 0.25) is 0 Å². The van der Waals surface area contributed by atoms with Crippen LogP contribution < -0.4 is 0 Å². The number of carbonyl (C=O) groups excluding carboxylic acids is 1. The molecule has 0 radical (unpaired) electrons. The van der Waals surface area contributed by atoms with E-state index >= 15 is 0 Å². The summed E-state index contributed by atoms with van der Waals surface area (Å²) in [5.74, 6) is 4.59. The third-order valence-corrected chi connectivity index (χ3v) is 10.0. The van der Waals surface area contributed by atoms with Gasteiger partial charge in [-0.2, -0.15) is 0 Å². The van der Waals surface area contributed by atoms with Gasteiger partial charge in [-0.3, -0.25) is 0 Å². The quantitative estimate of drug-likeness (QED) is 0.281. The van der Waals surface area contributed by atoms with Gasteiger partial charge in [0.05, 0.1) is 5.56 Å². The fourth-order valence-electron chi connectivity index (χ4n) is 7.65. The van der Waals surface area contributed by atoms with Crippen molar-refractivity contribution in [3.63, 3.8) is 0 Å². The Balaban J connectivity index is 0.000000171. The average molecular weight is 583 g/mol. The van der Waals surface area contributed by atoms with Crippen LogP contribution >= 0.6 is 0 Å². The maximum atomic E-state index is 11.3. The minimum absolute atomic E-state index is 0.0708. The molecule has 1 heterocycles. The van der Waals surface area contributed by atoms with Gasteiger partial charge in [0.2, 0.25) is 0 Å². The highest BCUT2D eigenvalue weighted by atomic mass is 16.6. The number of benzene rings is 3. The number of hydrogen-bond acceptors (Lipinski definition) is 2. The molecule has 0 amide bonds. The zero-order valence-electron chi connectivity index (χ0n) is 28.8. The summed E-state index contributed by atoms with van der Waals surface area (Å²) >= 11 is 0. The van der Waals surface area contributed by atoms with E-state index in [1.165, 1.54) is 45.9 Å². The van der Waals surface area contributed by atoms with E-state index in [-0.39, 0.29) is 11.4 Å². The van der Waals surface area contributed by atoms with Gasteiger partial charge in [0.1, 0.15) is 5.60 Å². The zero-order valence-corrected chi connectivity index (χ0v) is 28.8. The summed E-state index contributed by atoms with van der Waals surface area (Å²) in [6.07, 6.45) is 9.53. The van der Waals surface area contributed by atoms with Crippen LogP contribution in [0.5, 0.6) is 0 Å². The third-order valence-electron chi connectivity index (χ3n) is 10.0. The summed E-state index contributed by atoms with van der Waals surface area (Å²) in [6.45, 7) is 20.6. The molecule has 3 aromatic rings. The highest BCUT2D eigenvalue weighted by Crippen LogP contribution is 2.58. The molecule has 2 heteroatoms. The minimum Gasteiger partial charge on any atom is -0.451 e. The lowest BCUT2D eigenvalue weighted by molar-refractivity contribution is 0.00954. The molecule has 3 aliphatic carbocycles. The maximum absolute atomic E-state index is 11.3. The lowest BCUT2D eigenvalue weighted by Crippen LogP contribution is -2.18. The Morgan fingerprint density at radius 3 is 1.56 bits per heavy atom. The summed E-state index contributed by atoms with van der Waals surface area (Å²) in [5, 5.41) is 0. The van der Waals surface area contributed by atoms with Crippen LogP contribution in [-0.2, 0) is 15.8 Å². The second-order valence-electron chi connectivity index (χ2n) is 13.4. The summed E-state index contributed by atoms with van der Waals surface area (Å²) in [4.78, 5) is 11.3. The lowest BCUT2D eigenvalue weighted by Gasteiger charge is -2.26. The molecule has 0 aromatic heterocycles. The van der Waals surface area contributed by atoms with E-state index in [1.807, 2.05) is 59.7 Å². The van der Waals surface area contributed by atoms with Gasteiger partial charge in [-0.05, 0) is 101 Å². The minimum atomic E-state index is -0.451. The van der Waals surface area contributed by atoms with Crippen LogP contribution in [0.25, 0.3) is 0 Å². The molecule has 43 heavy (non-hydrogen) atoms. The van der Waals surface area contributed by atoms with E-state index in [9.17, 15) is 4.79 Å². The van der Waals surface area contributed by atoms with Gasteiger partial charge in [-0.15, -0.1) is 0 Å². The van der Waals surface area contributed by atoms with Crippen LogP contribution in [0.1, 0.15) is 132 Å². The Kier molecular flexibility index (Phi) is 12.3. The molecular weight excluding hydrogens is 524 g/mol. The van der Waals surface area contributed by atoms with E-state index in [1.54, 1.807) is 44.6 Å². The number of esters is 1. The molecule has 3 aromatic carbocycles. The number of aryl methyl sites for hydroxylation is 2. The normalized spacial score (nSPS) is 23.4. The molecule has 7 rings (SSSR count). The summed E-state index contributed by atoms with van der Waals surface area (Å²) in [7, 11) is 0. The largest absolute Gasteiger partial charge is 0.451 e. The van der Waals surface area contributed by atoms with Crippen LogP contribution in [0.15, 0.2) is 72.8 Å². The fourth-order valence-corrected chi connectivity index (χ4v) is 7.65. The Labute approximate surface area is 263 Å². The van der Waals surface area contributed by atoms with Gasteiger partial charge < -0.3 is 4.74 Å². The summed E-state index contributed by atoms with van der Waals surface area (Å²) in [6, 6.07) is 25.2. The Bertz CT molecular complexity index is 1220. The highest BCUT2D eigenvalue weighted by Gasteiger charge is 2.48. The lowest BCUT2D eigenvalue weighted by atomic mass is 9.78. The number of cyclic esters (lactones) is 1. The predicted octanol–water partition coefficient (Wildman–Crippen LogP) is 11.6. The van der Waals surface area contributed by atoms with Crippen molar-refractivity contribution in [2.75, 3.05) is 0 Å². The number of fused-ring (bicyclic) bond motifs is 6. The van der Waals surface area contributed by atoms with E-state index < -0.39 is 5.60 Å². The number of hydrogen-bond donors (Lipinski definition) is 0. The molecule has 0 N–H and O–H groups in total. The maximum Gasteiger partial charge on any atom is 0.339 e. The van der Waals surface area contributed by atoms with Crippen LogP contribution in [0.4, 0.5) is 0 Å². The Morgan fingerprint density at radius 1 is 0.674 bits per heavy atom. The fraction of sp³-hybridized carbons (Fsp3) is 0.537. The van der Waals surface area contributed by atoms with Gasteiger partial charge in [0, 0.05) is 11.0 Å². The SMILES string of the molecule is C1CC2C3CCC(C3)C2C1.CC.CC.CC1(C)OC(=O)c2ccccc21.Cc1ccc(C(C)(C)c2ccc(C)cc2)cc1. The van der Waals surface area contributed by atoms with Crippen molar-refractivity contribution in [3.8, 4) is 0 Å². The van der Waals surface area contributed by atoms with Crippen molar-refractivity contribution in [1.29, 1.82) is 0 Å². The van der Waals surface area contributed by atoms with Crippen molar-refractivity contribution < 1.29 is 9.53 Å². The Hall–Kier alpha value is -2.87. The molecular formula is C41H58O2. The number of ether oxygens (including phenoxy) is 1. The Morgan fingerprint density at radius 2 is 1.12 bits per heavy atom. The van der Waals surface area contributed by atoms with Gasteiger partial charge >= 0.3 is 5.97 Å². The van der Waals surface area contributed by atoms with Gasteiger partial charge in [-0.25, -0.2) is 4.79 Å². The molecule has 4 aliphatic rings. The van der Waals surface area contributed by atoms with Crippen molar-refractivity contribution in [2.24, 2.45) is 23.7 Å². The molecule has 2 nitrogen and oxygen atoms in total. The smallest absolute Gasteiger partial charge is 0.339 e. The average Bonchev–Trinajstić information content (AvgIpc) is 3.80. The standard InChI is InChI=1S/C17H20.C10H10O2.C10H16.2C2H6/c1-13-5-9-15(10-6-13)17(3,4)16-11-7-14(2)8-12-16;1-10(2)8-6-4-3-5-7(8)9(11)12-10;1-2-9-7-4-5-8(6-7)10(9)3-1;2*1-2/h5-12H,1-4H3;3-6H,1-2H3;7-10H,1-6H2;2*1-2H3. The first kappa shape index (κ1) is 34.6. The van der Waals surface area contributed by atoms with E-state index in [4.69, 9.17) is 4.74 Å². The molecule has 3 saturated carbocycles. The van der Waals surface area contributed by atoms with Crippen LogP contribution in [-0.4, -0.2) is 5.97 Å². The first-order valence-electron chi connectivity index (χ1n) is 17.0. The van der Waals surface area contributed by atoms with Crippen molar-refractivity contribution in [3.05, 3.63) is 106 Å². The number of rotatable bonds is 2. The number of carbonyl (C=O) groups is 1. The zero-order chi connectivity index (χ0) is 31.8. The van der Waals surface area contributed by atoms with Crippen LogP contribution in [0, 0.1) is 37.5 Å². The van der Waals surface area contributed by atoms with Gasteiger partial charge in [-0.1, -0.05) is 126 Å². The topological polar surface area (TPSA) is 26.3 Å². The molecule has 4 atom stereocenters. The third kappa shape index (κ3) is 8.00. The van der Waals surface area contributed by atoms with Gasteiger partial charge in [0.15, 0.2) is 0 Å². The van der Waals surface area contributed by atoms with Gasteiger partial charge in [0.25, 0.3) is 0 Å². The molecule has 0 saturated heterocycles. The van der Waals surface area contributed by atoms with Crippen LogP contribution in [0.3, 0.4) is 0 Å². The molecule has 2 bridgehead atoms. The molecule has 0 spiro atoms. The van der Waals surface area contributed by atoms with E-state index in [0.29, 0.717) is 5.56 Å². The van der Waals surface area contributed by atoms with Crippen molar-refractivity contribution in [2.45, 2.75) is 119 Å². The molecule has 1 aliphatic heterocycles. The second-order valence-corrected chi connectivity index (χ2v) is 13.4. The van der Waals surface area contributed by atoms with Crippen molar-refractivity contribution in [1.82, 2.24) is 0 Å². The highest BCUT2D eigenvalue weighted by molar-refractivity contribution is 5.94. The van der Waals surface area contributed by atoms with E-state index in [2.05, 4.69) is 76.2 Å². The van der Waals surface area contributed by atoms with Crippen molar-refractivity contribution >= 4 is 5.97 Å². The summed E-state index contributed by atoms with van der Waals surface area (Å²) in [5.41, 5.74) is 6.66. The predicted molar refractivity (Wildman–Crippen MR) is 184 cm³/mol. The monoisotopic (exact) mass is 582 g/mol. The first-order chi connectivity index (χ1) is 20.6. The van der Waals surface area contributed by atoms with E-state index in [0.717, 1.165) is 5.56 Å². The summed E-state index contributed by atoms with van der Waals surface area (Å²) < 4.78 is 5.18. The molecule has 3 fully saturated rings.